The van der Waals surface area contributed by atoms with Crippen molar-refractivity contribution in [2.45, 2.75) is 26.7 Å². The number of rotatable bonds is 4. The Hall–Kier alpha value is -2.59. The molecule has 0 atom stereocenters. The summed E-state index contributed by atoms with van der Waals surface area (Å²) in [6, 6.07) is 16.3. The number of para-hydroxylation sites is 1. The number of carbonyl (C=O) groups is 1. The first kappa shape index (κ1) is 17.2. The van der Waals surface area contributed by atoms with Gasteiger partial charge in [0.25, 0.3) is 0 Å². The van der Waals surface area contributed by atoms with E-state index in [1.807, 2.05) is 51.1 Å². The average molecular weight is 355 g/mol. The molecule has 25 heavy (non-hydrogen) atoms. The van der Waals surface area contributed by atoms with Crippen LogP contribution in [0.4, 0.5) is 0 Å². The van der Waals surface area contributed by atoms with E-state index in [-0.39, 0.29) is 5.92 Å². The van der Waals surface area contributed by atoms with Crippen LogP contribution in [0.5, 0.6) is 5.88 Å². The molecule has 0 aliphatic rings. The van der Waals surface area contributed by atoms with Gasteiger partial charge in [0.2, 0.25) is 5.88 Å². The van der Waals surface area contributed by atoms with Crippen LogP contribution in [0.2, 0.25) is 5.02 Å². The van der Waals surface area contributed by atoms with Crippen LogP contribution in [0.1, 0.15) is 41.4 Å². The highest BCUT2D eigenvalue weighted by molar-refractivity contribution is 6.32. The normalized spacial score (nSPS) is 10.9. The molecule has 1 aromatic heterocycles. The molecule has 0 amide bonds. The van der Waals surface area contributed by atoms with Crippen LogP contribution in [0.3, 0.4) is 0 Å². The molecule has 3 rings (SSSR count). The van der Waals surface area contributed by atoms with Crippen molar-refractivity contribution in [1.29, 1.82) is 0 Å². The SMILES string of the molecule is Cc1ccc(C(=O)Oc2cc(C(C)C)nn2-c2ccccc2Cl)cc1. The molecule has 1 heterocycles. The topological polar surface area (TPSA) is 44.1 Å². The molecule has 0 bridgehead atoms. The van der Waals surface area contributed by atoms with E-state index in [2.05, 4.69) is 5.10 Å². The summed E-state index contributed by atoms with van der Waals surface area (Å²) in [6.07, 6.45) is 0. The zero-order valence-electron chi connectivity index (χ0n) is 14.4. The fourth-order valence-corrected chi connectivity index (χ4v) is 2.59. The summed E-state index contributed by atoms with van der Waals surface area (Å²) in [6.45, 7) is 6.03. The second-order valence-corrected chi connectivity index (χ2v) is 6.59. The second kappa shape index (κ2) is 7.11. The average Bonchev–Trinajstić information content (AvgIpc) is 3.00. The minimum absolute atomic E-state index is 0.195. The Morgan fingerprint density at radius 2 is 1.80 bits per heavy atom. The van der Waals surface area contributed by atoms with Crippen LogP contribution in [0.15, 0.2) is 54.6 Å². The van der Waals surface area contributed by atoms with E-state index in [4.69, 9.17) is 16.3 Å². The third-order valence-corrected chi connectivity index (χ3v) is 4.17. The molecule has 2 aromatic carbocycles. The van der Waals surface area contributed by atoms with Crippen molar-refractivity contribution >= 4 is 17.6 Å². The van der Waals surface area contributed by atoms with Crippen molar-refractivity contribution in [2.24, 2.45) is 0 Å². The summed E-state index contributed by atoms with van der Waals surface area (Å²) in [5.74, 6) is 0.117. The van der Waals surface area contributed by atoms with E-state index in [1.165, 1.54) is 0 Å². The van der Waals surface area contributed by atoms with Crippen LogP contribution in [0, 0.1) is 6.92 Å². The van der Waals surface area contributed by atoms with E-state index in [9.17, 15) is 4.79 Å². The standard InChI is InChI=1S/C20H19ClN2O2/c1-13(2)17-12-19(23(22-17)18-7-5-4-6-16(18)21)25-20(24)15-10-8-14(3)9-11-15/h4-13H,1-3H3. The predicted octanol–water partition coefficient (Wildman–Crippen LogP) is 5.18. The molecule has 5 heteroatoms. The Labute approximate surface area is 152 Å². The van der Waals surface area contributed by atoms with Crippen molar-refractivity contribution in [3.8, 4) is 11.6 Å². The molecule has 0 saturated carbocycles. The quantitative estimate of drug-likeness (QED) is 0.606. The number of benzene rings is 2. The number of aromatic nitrogens is 2. The van der Waals surface area contributed by atoms with Crippen LogP contribution < -0.4 is 4.74 Å². The highest BCUT2D eigenvalue weighted by atomic mass is 35.5. The van der Waals surface area contributed by atoms with Gasteiger partial charge in [-0.1, -0.05) is 55.3 Å². The molecule has 0 saturated heterocycles. The van der Waals surface area contributed by atoms with Crippen molar-refractivity contribution in [3.05, 3.63) is 76.4 Å². The van der Waals surface area contributed by atoms with Gasteiger partial charge in [0.15, 0.2) is 0 Å². The number of ether oxygens (including phenoxy) is 1. The number of halogens is 1. The number of esters is 1. The maximum absolute atomic E-state index is 12.5. The summed E-state index contributed by atoms with van der Waals surface area (Å²) in [7, 11) is 0. The molecule has 128 valence electrons. The zero-order valence-corrected chi connectivity index (χ0v) is 15.1. The molecule has 0 unspecified atom stereocenters. The number of aryl methyl sites for hydroxylation is 1. The molecule has 0 fully saturated rings. The molecular weight excluding hydrogens is 336 g/mol. The Morgan fingerprint density at radius 3 is 2.44 bits per heavy atom. The smallest absolute Gasteiger partial charge is 0.344 e. The van der Waals surface area contributed by atoms with E-state index in [0.29, 0.717) is 22.2 Å². The van der Waals surface area contributed by atoms with Gasteiger partial charge in [-0.3, -0.25) is 0 Å². The summed E-state index contributed by atoms with van der Waals surface area (Å²) >= 11 is 6.29. The molecule has 3 aromatic rings. The summed E-state index contributed by atoms with van der Waals surface area (Å²) in [5, 5.41) is 5.09. The Morgan fingerprint density at radius 1 is 1.12 bits per heavy atom. The van der Waals surface area contributed by atoms with Gasteiger partial charge in [0, 0.05) is 6.07 Å². The molecule has 0 aliphatic carbocycles. The van der Waals surface area contributed by atoms with Crippen molar-refractivity contribution in [1.82, 2.24) is 9.78 Å². The van der Waals surface area contributed by atoms with Gasteiger partial charge in [-0.05, 0) is 37.1 Å². The molecular formula is C20H19ClN2O2. The first-order valence-corrected chi connectivity index (χ1v) is 8.47. The van der Waals surface area contributed by atoms with E-state index >= 15 is 0 Å². The van der Waals surface area contributed by atoms with Crippen LogP contribution in [0.25, 0.3) is 5.69 Å². The summed E-state index contributed by atoms with van der Waals surface area (Å²) in [5.41, 5.74) is 3.07. The largest absolute Gasteiger partial charge is 0.404 e. The fourth-order valence-electron chi connectivity index (χ4n) is 2.38. The van der Waals surface area contributed by atoms with Gasteiger partial charge in [0.05, 0.1) is 22.0 Å². The molecule has 0 spiro atoms. The summed E-state index contributed by atoms with van der Waals surface area (Å²) in [4.78, 5) is 12.5. The van der Waals surface area contributed by atoms with Crippen LogP contribution >= 0.6 is 11.6 Å². The summed E-state index contributed by atoms with van der Waals surface area (Å²) < 4.78 is 7.19. The lowest BCUT2D eigenvalue weighted by Gasteiger charge is -2.09. The zero-order chi connectivity index (χ0) is 18.0. The molecule has 0 N–H and O–H groups in total. The van der Waals surface area contributed by atoms with Gasteiger partial charge in [0.1, 0.15) is 0 Å². The predicted molar refractivity (Wildman–Crippen MR) is 98.8 cm³/mol. The third kappa shape index (κ3) is 3.74. The minimum Gasteiger partial charge on any atom is -0.404 e. The Bertz CT molecular complexity index is 898. The molecule has 0 aliphatic heterocycles. The van der Waals surface area contributed by atoms with Gasteiger partial charge in [-0.15, -0.1) is 0 Å². The van der Waals surface area contributed by atoms with E-state index in [0.717, 1.165) is 11.3 Å². The first-order chi connectivity index (χ1) is 12.0. The number of carbonyl (C=O) groups excluding carboxylic acids is 1. The first-order valence-electron chi connectivity index (χ1n) is 8.09. The van der Waals surface area contributed by atoms with Crippen LogP contribution in [-0.2, 0) is 0 Å². The lowest BCUT2D eigenvalue weighted by molar-refractivity contribution is 0.0723. The number of hydrogen-bond acceptors (Lipinski definition) is 3. The highest BCUT2D eigenvalue weighted by Crippen LogP contribution is 2.28. The van der Waals surface area contributed by atoms with Gasteiger partial charge >= 0.3 is 5.97 Å². The van der Waals surface area contributed by atoms with E-state index in [1.54, 1.807) is 28.9 Å². The number of hydrogen-bond donors (Lipinski definition) is 0. The monoisotopic (exact) mass is 354 g/mol. The highest BCUT2D eigenvalue weighted by Gasteiger charge is 2.18. The molecule has 4 nitrogen and oxygen atoms in total. The number of nitrogens with zero attached hydrogens (tertiary/aromatic N) is 2. The lowest BCUT2D eigenvalue weighted by atomic mass is 10.1. The van der Waals surface area contributed by atoms with Crippen LogP contribution in [-0.4, -0.2) is 15.7 Å². The lowest BCUT2D eigenvalue weighted by Crippen LogP contribution is -2.12. The van der Waals surface area contributed by atoms with Crippen molar-refractivity contribution in [2.75, 3.05) is 0 Å². The maximum Gasteiger partial charge on any atom is 0.344 e. The second-order valence-electron chi connectivity index (χ2n) is 6.18. The minimum atomic E-state index is -0.427. The maximum atomic E-state index is 12.5. The van der Waals surface area contributed by atoms with Gasteiger partial charge in [-0.25, -0.2) is 4.79 Å². The Kier molecular flexibility index (Phi) is 4.91. The van der Waals surface area contributed by atoms with Gasteiger partial charge < -0.3 is 4.74 Å². The van der Waals surface area contributed by atoms with Crippen molar-refractivity contribution < 1.29 is 9.53 Å². The molecule has 0 radical (unpaired) electrons. The fraction of sp³-hybridized carbons (Fsp3) is 0.200. The third-order valence-electron chi connectivity index (χ3n) is 3.85. The van der Waals surface area contributed by atoms with Gasteiger partial charge in [-0.2, -0.15) is 9.78 Å². The van der Waals surface area contributed by atoms with Crippen molar-refractivity contribution in [3.63, 3.8) is 0 Å². The Balaban J connectivity index is 1.99. The van der Waals surface area contributed by atoms with E-state index < -0.39 is 5.97 Å².